The third kappa shape index (κ3) is 3.60. The van der Waals surface area contributed by atoms with Gasteiger partial charge in [-0.05, 0) is 22.3 Å². The first kappa shape index (κ1) is 20.2. The van der Waals surface area contributed by atoms with Gasteiger partial charge in [-0.3, -0.25) is 4.79 Å². The van der Waals surface area contributed by atoms with Gasteiger partial charge in [0.2, 0.25) is 11.7 Å². The Bertz CT molecular complexity index is 1120. The average Bonchev–Trinajstić information content (AvgIpc) is 3.37. The molecule has 164 valence electrons. The Morgan fingerprint density at radius 1 is 1.09 bits per heavy atom. The number of carboxylic acids is 1. The second-order valence-electron chi connectivity index (χ2n) is 7.93. The topological polar surface area (TPSA) is 124 Å². The van der Waals surface area contributed by atoms with E-state index in [1.54, 1.807) is 0 Å². The molecule has 3 aromatic rings. The van der Waals surface area contributed by atoms with Crippen molar-refractivity contribution in [3.8, 4) is 11.1 Å². The molecule has 0 spiro atoms. The highest BCUT2D eigenvalue weighted by molar-refractivity contribution is 5.79. The summed E-state index contributed by atoms with van der Waals surface area (Å²) in [5, 5.41) is 15.5. The summed E-state index contributed by atoms with van der Waals surface area (Å²) in [5.74, 6) is -0.557. The van der Waals surface area contributed by atoms with Crippen LogP contribution < -0.4 is 5.32 Å². The van der Waals surface area contributed by atoms with Gasteiger partial charge in [0.15, 0.2) is 5.54 Å². The minimum atomic E-state index is -0.955. The van der Waals surface area contributed by atoms with E-state index < -0.39 is 17.6 Å². The number of ether oxygens (including phenoxy) is 2. The molecule has 0 radical (unpaired) electrons. The molecule has 1 aliphatic heterocycles. The number of amides is 1. The van der Waals surface area contributed by atoms with Crippen molar-refractivity contribution in [2.24, 2.45) is 0 Å². The van der Waals surface area contributed by atoms with Crippen LogP contribution in [0.4, 0.5) is 4.79 Å². The second-order valence-corrected chi connectivity index (χ2v) is 7.93. The van der Waals surface area contributed by atoms with Crippen LogP contribution in [0.25, 0.3) is 11.1 Å². The van der Waals surface area contributed by atoms with Gasteiger partial charge in [0.05, 0.1) is 19.6 Å². The molecule has 1 aromatic heterocycles. The van der Waals surface area contributed by atoms with Gasteiger partial charge in [0, 0.05) is 12.3 Å². The molecule has 0 unspecified atom stereocenters. The molecule has 0 atom stereocenters. The van der Waals surface area contributed by atoms with Crippen LogP contribution >= 0.6 is 0 Å². The number of carbonyl (C=O) groups is 2. The highest BCUT2D eigenvalue weighted by atomic mass is 16.6. The zero-order valence-corrected chi connectivity index (χ0v) is 17.1. The smallest absolute Gasteiger partial charge is 0.408 e. The summed E-state index contributed by atoms with van der Waals surface area (Å²) in [6.07, 6.45) is -0.609. The number of aromatic nitrogens is 2. The highest BCUT2D eigenvalue weighted by Crippen LogP contribution is 2.44. The van der Waals surface area contributed by atoms with Crippen LogP contribution in [-0.2, 0) is 26.2 Å². The fourth-order valence-corrected chi connectivity index (χ4v) is 4.16. The van der Waals surface area contributed by atoms with E-state index in [1.807, 2.05) is 24.3 Å². The maximum atomic E-state index is 12.7. The van der Waals surface area contributed by atoms with E-state index >= 15 is 0 Å². The number of nitrogens with zero attached hydrogens (tertiary/aromatic N) is 2. The van der Waals surface area contributed by atoms with Gasteiger partial charge < -0.3 is 24.4 Å². The quantitative estimate of drug-likeness (QED) is 0.581. The van der Waals surface area contributed by atoms with Crippen molar-refractivity contribution in [2.75, 3.05) is 19.8 Å². The lowest BCUT2D eigenvalue weighted by molar-refractivity contribution is -0.137. The van der Waals surface area contributed by atoms with Gasteiger partial charge in [-0.1, -0.05) is 53.7 Å². The van der Waals surface area contributed by atoms with Crippen molar-refractivity contribution in [3.05, 3.63) is 71.4 Å². The Morgan fingerprint density at radius 2 is 1.75 bits per heavy atom. The molecule has 0 bridgehead atoms. The van der Waals surface area contributed by atoms with Gasteiger partial charge >= 0.3 is 12.1 Å². The normalized spacial score (nSPS) is 16.0. The molecule has 9 nitrogen and oxygen atoms in total. The number of alkyl carbamates (subject to hydrolysis) is 1. The van der Waals surface area contributed by atoms with Crippen molar-refractivity contribution in [3.63, 3.8) is 0 Å². The molecule has 2 N–H and O–H groups in total. The Morgan fingerprint density at radius 3 is 2.34 bits per heavy atom. The number of nitrogens with one attached hydrogen (secondary N) is 1. The molecule has 1 saturated heterocycles. The Labute approximate surface area is 183 Å². The van der Waals surface area contributed by atoms with E-state index in [9.17, 15) is 9.59 Å². The lowest BCUT2D eigenvalue weighted by Crippen LogP contribution is -2.60. The van der Waals surface area contributed by atoms with Crippen LogP contribution in [0.1, 0.15) is 35.2 Å². The average molecular weight is 435 g/mol. The van der Waals surface area contributed by atoms with Gasteiger partial charge in [-0.2, -0.15) is 4.98 Å². The fraction of sp³-hybridized carbons (Fsp3) is 0.304. The summed E-state index contributed by atoms with van der Waals surface area (Å²) in [6, 6.07) is 16.2. The zero-order chi connectivity index (χ0) is 22.1. The summed E-state index contributed by atoms with van der Waals surface area (Å²) in [5.41, 5.74) is 3.62. The Balaban J connectivity index is 1.26. The van der Waals surface area contributed by atoms with E-state index in [1.165, 1.54) is 0 Å². The zero-order valence-electron chi connectivity index (χ0n) is 17.1. The first-order valence-electron chi connectivity index (χ1n) is 10.3. The minimum Gasteiger partial charge on any atom is -0.481 e. The minimum absolute atomic E-state index is 0.0467. The molecule has 1 amide bonds. The number of carboxylic acid groups (broad SMARTS) is 1. The predicted molar refractivity (Wildman–Crippen MR) is 111 cm³/mol. The van der Waals surface area contributed by atoms with Crippen LogP contribution in [0, 0.1) is 0 Å². The van der Waals surface area contributed by atoms with Crippen molar-refractivity contribution in [1.29, 1.82) is 0 Å². The number of aryl methyl sites for hydroxylation is 1. The molecular formula is C23H21N3O6. The fourth-order valence-electron chi connectivity index (χ4n) is 4.16. The van der Waals surface area contributed by atoms with E-state index in [4.69, 9.17) is 19.1 Å². The van der Waals surface area contributed by atoms with Crippen LogP contribution in [0.2, 0.25) is 0 Å². The number of benzene rings is 2. The van der Waals surface area contributed by atoms with Crippen LogP contribution in [-0.4, -0.2) is 47.1 Å². The third-order valence-corrected chi connectivity index (χ3v) is 5.83. The van der Waals surface area contributed by atoms with E-state index in [2.05, 4.69) is 39.7 Å². The summed E-state index contributed by atoms with van der Waals surface area (Å²) >= 11 is 0. The first-order valence-corrected chi connectivity index (χ1v) is 10.3. The maximum Gasteiger partial charge on any atom is 0.408 e. The van der Waals surface area contributed by atoms with Crippen LogP contribution in [0.15, 0.2) is 53.1 Å². The van der Waals surface area contributed by atoms with Gasteiger partial charge in [-0.25, -0.2) is 4.79 Å². The number of fused-ring (bicyclic) bond motifs is 3. The molecule has 9 heteroatoms. The van der Waals surface area contributed by atoms with Crippen molar-refractivity contribution in [1.82, 2.24) is 15.5 Å². The van der Waals surface area contributed by atoms with Crippen molar-refractivity contribution < 1.29 is 28.7 Å². The molecule has 1 fully saturated rings. The highest BCUT2D eigenvalue weighted by Gasteiger charge is 2.47. The molecule has 5 rings (SSSR count). The monoisotopic (exact) mass is 435 g/mol. The van der Waals surface area contributed by atoms with Crippen LogP contribution in [0.3, 0.4) is 0 Å². The number of rotatable bonds is 7. The molecule has 2 heterocycles. The predicted octanol–water partition coefficient (Wildman–Crippen LogP) is 2.85. The number of aliphatic carboxylic acids is 1. The van der Waals surface area contributed by atoms with Crippen molar-refractivity contribution in [2.45, 2.75) is 24.3 Å². The number of carbonyl (C=O) groups excluding carboxylic acids is 1. The second kappa shape index (κ2) is 8.08. The molecular weight excluding hydrogens is 414 g/mol. The number of hydrogen-bond acceptors (Lipinski definition) is 7. The maximum absolute atomic E-state index is 12.7. The summed E-state index contributed by atoms with van der Waals surface area (Å²) in [6.45, 7) is 0.539. The Hall–Kier alpha value is -3.72. The third-order valence-electron chi connectivity index (χ3n) is 5.83. The molecule has 2 aromatic carbocycles. The lowest BCUT2D eigenvalue weighted by atomic mass is 9.96. The number of hydrogen-bond donors (Lipinski definition) is 2. The molecule has 32 heavy (non-hydrogen) atoms. The molecule has 2 aliphatic rings. The molecule has 0 saturated carbocycles. The standard InChI is InChI=1S/C23H21N3O6/c27-20(28)10-9-19-24-21(26-32-19)23(12-30-13-23)25-22(29)31-11-18-16-7-3-1-5-14(16)15-6-2-4-8-17(15)18/h1-8,18H,9-13H2,(H,25,29)(H,27,28). The summed E-state index contributed by atoms with van der Waals surface area (Å²) in [7, 11) is 0. The largest absolute Gasteiger partial charge is 0.481 e. The lowest BCUT2D eigenvalue weighted by Gasteiger charge is -2.38. The summed E-state index contributed by atoms with van der Waals surface area (Å²) in [4.78, 5) is 27.7. The van der Waals surface area contributed by atoms with Crippen LogP contribution in [0.5, 0.6) is 0 Å². The van der Waals surface area contributed by atoms with Gasteiger partial charge in [0.25, 0.3) is 0 Å². The summed E-state index contributed by atoms with van der Waals surface area (Å²) < 4.78 is 16.0. The SMILES string of the molecule is O=C(O)CCc1nc(C2(NC(=O)OCC3c4ccccc4-c4ccccc43)COC2)no1. The van der Waals surface area contributed by atoms with Crippen molar-refractivity contribution >= 4 is 12.1 Å². The van der Waals surface area contributed by atoms with Gasteiger partial charge in [-0.15, -0.1) is 0 Å². The van der Waals surface area contributed by atoms with E-state index in [0.717, 1.165) is 22.3 Å². The van der Waals surface area contributed by atoms with E-state index in [0.29, 0.717) is 0 Å². The first-order chi connectivity index (χ1) is 15.6. The Kier molecular flexibility index (Phi) is 5.10. The molecule has 1 aliphatic carbocycles. The van der Waals surface area contributed by atoms with Gasteiger partial charge in [0.1, 0.15) is 6.61 Å². The van der Waals surface area contributed by atoms with E-state index in [-0.39, 0.29) is 50.3 Å².